The monoisotopic (exact) mass is 235 g/mol. The van der Waals surface area contributed by atoms with Crippen LogP contribution in [0.3, 0.4) is 0 Å². The smallest absolute Gasteiger partial charge is 0.255 e. The molecule has 1 rings (SSSR count). The van der Waals surface area contributed by atoms with Crippen LogP contribution in [0.2, 0.25) is 0 Å². The zero-order valence-corrected chi connectivity index (χ0v) is 10.8. The Morgan fingerprint density at radius 3 is 2.88 bits per heavy atom. The number of hydrogen-bond donors (Lipinski definition) is 2. The fraction of sp³-hybridized carbons (Fsp3) is 0.538. The molecule has 0 saturated carbocycles. The van der Waals surface area contributed by atoms with E-state index >= 15 is 0 Å². The summed E-state index contributed by atoms with van der Waals surface area (Å²) in [5.41, 5.74) is 1.45. The molecule has 0 radical (unpaired) electrons. The third-order valence-corrected chi connectivity index (χ3v) is 2.53. The number of nitrogens with one attached hydrogen (secondary N) is 2. The Bertz CT molecular complexity index is 365. The summed E-state index contributed by atoms with van der Waals surface area (Å²) in [5, 5.41) is 6.14. The molecule has 1 amide bonds. The van der Waals surface area contributed by atoms with Gasteiger partial charge in [-0.15, -0.1) is 0 Å². The molecular weight excluding hydrogens is 214 g/mol. The molecule has 4 nitrogen and oxygen atoms in total. The highest BCUT2D eigenvalue weighted by Crippen LogP contribution is 2.13. The van der Waals surface area contributed by atoms with Gasteiger partial charge in [-0.25, -0.2) is 0 Å². The number of amides is 1. The topological polar surface area (TPSA) is 54.0 Å². The van der Waals surface area contributed by atoms with Crippen LogP contribution in [0.5, 0.6) is 0 Å². The van der Waals surface area contributed by atoms with E-state index in [0.717, 1.165) is 25.1 Å². The van der Waals surface area contributed by atoms with Crippen molar-refractivity contribution in [2.24, 2.45) is 0 Å². The van der Waals surface area contributed by atoms with Crippen molar-refractivity contribution in [2.45, 2.75) is 39.7 Å². The highest BCUT2D eigenvalue weighted by Gasteiger charge is 2.13. The van der Waals surface area contributed by atoms with Gasteiger partial charge in [0.15, 0.2) is 0 Å². The first-order valence-electron chi connectivity index (χ1n) is 6.17. The average Bonchev–Trinajstić information content (AvgIpc) is 2.30. The molecule has 1 aromatic heterocycles. The van der Waals surface area contributed by atoms with E-state index in [1.54, 1.807) is 12.4 Å². The Labute approximate surface area is 103 Å². The second kappa shape index (κ2) is 6.89. The van der Waals surface area contributed by atoms with Crippen LogP contribution < -0.4 is 10.6 Å². The first-order valence-corrected chi connectivity index (χ1v) is 6.17. The molecular formula is C13H21N3O. The number of carbonyl (C=O) groups is 1. The second-order valence-electron chi connectivity index (χ2n) is 4.11. The molecule has 0 aliphatic rings. The highest BCUT2D eigenvalue weighted by molar-refractivity contribution is 5.99. The fourth-order valence-electron chi connectivity index (χ4n) is 1.73. The standard InChI is InChI=1S/C13H21N3O/c1-4-6-10(3)16-13(17)11-9-14-8-7-12(11)15-5-2/h7-10H,4-6H2,1-3H3,(H,14,15)(H,16,17). The predicted molar refractivity (Wildman–Crippen MR) is 70.2 cm³/mol. The Hall–Kier alpha value is -1.58. The zero-order valence-electron chi connectivity index (χ0n) is 10.8. The molecule has 17 heavy (non-hydrogen) atoms. The van der Waals surface area contributed by atoms with Gasteiger partial charge in [0.25, 0.3) is 5.91 Å². The highest BCUT2D eigenvalue weighted by atomic mass is 16.1. The van der Waals surface area contributed by atoms with Crippen LogP contribution >= 0.6 is 0 Å². The van der Waals surface area contributed by atoms with E-state index < -0.39 is 0 Å². The summed E-state index contributed by atoms with van der Waals surface area (Å²) in [6, 6.07) is 2.02. The lowest BCUT2D eigenvalue weighted by atomic mass is 10.1. The number of anilines is 1. The Balaban J connectivity index is 2.74. The van der Waals surface area contributed by atoms with Crippen molar-refractivity contribution >= 4 is 11.6 Å². The van der Waals surface area contributed by atoms with Crippen LogP contribution in [0.1, 0.15) is 44.0 Å². The molecule has 0 aliphatic carbocycles. The normalized spacial score (nSPS) is 11.9. The Morgan fingerprint density at radius 2 is 2.24 bits per heavy atom. The molecule has 0 aliphatic heterocycles. The van der Waals surface area contributed by atoms with Crippen LogP contribution in [0.15, 0.2) is 18.5 Å². The van der Waals surface area contributed by atoms with Crippen molar-refractivity contribution in [3.8, 4) is 0 Å². The van der Waals surface area contributed by atoms with Crippen molar-refractivity contribution in [3.63, 3.8) is 0 Å². The maximum Gasteiger partial charge on any atom is 0.255 e. The third kappa shape index (κ3) is 4.06. The fourth-order valence-corrected chi connectivity index (χ4v) is 1.73. The molecule has 94 valence electrons. The first kappa shape index (κ1) is 13.5. The van der Waals surface area contributed by atoms with E-state index in [2.05, 4.69) is 22.5 Å². The molecule has 0 aromatic carbocycles. The summed E-state index contributed by atoms with van der Waals surface area (Å²) in [6.07, 6.45) is 5.34. The summed E-state index contributed by atoms with van der Waals surface area (Å²) in [7, 11) is 0. The van der Waals surface area contributed by atoms with Gasteiger partial charge < -0.3 is 10.6 Å². The molecule has 2 N–H and O–H groups in total. The molecule has 1 unspecified atom stereocenters. The molecule has 0 fully saturated rings. The maximum absolute atomic E-state index is 12.0. The largest absolute Gasteiger partial charge is 0.385 e. The molecule has 1 heterocycles. The van der Waals surface area contributed by atoms with Gasteiger partial charge in [0.1, 0.15) is 0 Å². The lowest BCUT2D eigenvalue weighted by Crippen LogP contribution is -2.32. The van der Waals surface area contributed by atoms with Gasteiger partial charge in [0.05, 0.1) is 11.3 Å². The maximum atomic E-state index is 12.0. The van der Waals surface area contributed by atoms with Crippen LogP contribution in [0.25, 0.3) is 0 Å². The van der Waals surface area contributed by atoms with Crippen molar-refractivity contribution in [1.29, 1.82) is 0 Å². The number of rotatable bonds is 6. The molecule has 0 spiro atoms. The Morgan fingerprint density at radius 1 is 1.47 bits per heavy atom. The van der Waals surface area contributed by atoms with E-state index in [1.807, 2.05) is 19.9 Å². The SMILES string of the molecule is CCCC(C)NC(=O)c1cnccc1NCC. The number of carbonyl (C=O) groups excluding carboxylic acids is 1. The van der Waals surface area contributed by atoms with E-state index in [-0.39, 0.29) is 11.9 Å². The number of hydrogen-bond acceptors (Lipinski definition) is 3. The minimum Gasteiger partial charge on any atom is -0.385 e. The lowest BCUT2D eigenvalue weighted by Gasteiger charge is -2.14. The number of nitrogens with zero attached hydrogens (tertiary/aromatic N) is 1. The number of pyridine rings is 1. The first-order chi connectivity index (χ1) is 8.19. The van der Waals surface area contributed by atoms with E-state index in [0.29, 0.717) is 5.56 Å². The van der Waals surface area contributed by atoms with E-state index in [1.165, 1.54) is 0 Å². The van der Waals surface area contributed by atoms with Gasteiger partial charge in [-0.05, 0) is 26.3 Å². The van der Waals surface area contributed by atoms with Crippen molar-refractivity contribution in [1.82, 2.24) is 10.3 Å². The van der Waals surface area contributed by atoms with Crippen LogP contribution in [0.4, 0.5) is 5.69 Å². The van der Waals surface area contributed by atoms with Crippen LogP contribution in [0, 0.1) is 0 Å². The zero-order chi connectivity index (χ0) is 12.7. The molecule has 0 saturated heterocycles. The van der Waals surface area contributed by atoms with Gasteiger partial charge in [0, 0.05) is 25.0 Å². The van der Waals surface area contributed by atoms with Crippen molar-refractivity contribution < 1.29 is 4.79 Å². The van der Waals surface area contributed by atoms with Gasteiger partial charge in [-0.2, -0.15) is 0 Å². The van der Waals surface area contributed by atoms with Crippen molar-refractivity contribution in [2.75, 3.05) is 11.9 Å². The van der Waals surface area contributed by atoms with E-state index in [9.17, 15) is 4.79 Å². The van der Waals surface area contributed by atoms with E-state index in [4.69, 9.17) is 0 Å². The van der Waals surface area contributed by atoms with Gasteiger partial charge in [-0.1, -0.05) is 13.3 Å². The summed E-state index contributed by atoms with van der Waals surface area (Å²) in [6.45, 7) is 6.91. The quantitative estimate of drug-likeness (QED) is 0.796. The molecule has 0 bridgehead atoms. The van der Waals surface area contributed by atoms with Gasteiger partial charge in [-0.3, -0.25) is 9.78 Å². The minimum atomic E-state index is -0.0602. The minimum absolute atomic E-state index is 0.0602. The summed E-state index contributed by atoms with van der Waals surface area (Å²) in [4.78, 5) is 16.0. The van der Waals surface area contributed by atoms with Crippen molar-refractivity contribution in [3.05, 3.63) is 24.0 Å². The Kier molecular flexibility index (Phi) is 5.46. The predicted octanol–water partition coefficient (Wildman–Crippen LogP) is 2.43. The molecule has 4 heteroatoms. The molecule has 1 atom stereocenters. The molecule has 1 aromatic rings. The summed E-state index contributed by atoms with van der Waals surface area (Å²) < 4.78 is 0. The third-order valence-electron chi connectivity index (χ3n) is 2.53. The average molecular weight is 235 g/mol. The summed E-state index contributed by atoms with van der Waals surface area (Å²) in [5.74, 6) is -0.0602. The lowest BCUT2D eigenvalue weighted by molar-refractivity contribution is 0.0939. The van der Waals surface area contributed by atoms with Crippen LogP contribution in [-0.4, -0.2) is 23.5 Å². The van der Waals surface area contributed by atoms with Gasteiger partial charge >= 0.3 is 0 Å². The number of aromatic nitrogens is 1. The second-order valence-corrected chi connectivity index (χ2v) is 4.11. The van der Waals surface area contributed by atoms with Crippen LogP contribution in [-0.2, 0) is 0 Å². The van der Waals surface area contributed by atoms with Gasteiger partial charge in [0.2, 0.25) is 0 Å². The summed E-state index contributed by atoms with van der Waals surface area (Å²) >= 11 is 0.